The molecule has 0 aliphatic heterocycles. The van der Waals surface area contributed by atoms with Crippen molar-refractivity contribution in [3.8, 4) is 0 Å². The molecule has 4 atom stereocenters. The van der Waals surface area contributed by atoms with E-state index >= 15 is 0 Å². The standard InChI is InChI=1S/C13H17IOS/c14-13-6-11(7-16-13)12(15)5-10-4-8-1-2-9(10)3-8/h6-10,12,15H,1-5H2. The molecule has 0 amide bonds. The van der Waals surface area contributed by atoms with E-state index in [2.05, 4.69) is 34.0 Å². The van der Waals surface area contributed by atoms with Crippen LogP contribution in [0.3, 0.4) is 0 Å². The third-order valence-corrected chi connectivity index (χ3v) is 6.19. The molecular formula is C13H17IOS. The van der Waals surface area contributed by atoms with E-state index < -0.39 is 0 Å². The molecule has 16 heavy (non-hydrogen) atoms. The van der Waals surface area contributed by atoms with Gasteiger partial charge in [0, 0.05) is 0 Å². The Kier molecular flexibility index (Phi) is 3.28. The molecule has 1 aromatic heterocycles. The molecule has 1 aromatic rings. The molecule has 0 radical (unpaired) electrons. The van der Waals surface area contributed by atoms with Crippen molar-refractivity contribution >= 4 is 33.9 Å². The molecule has 2 saturated carbocycles. The maximum Gasteiger partial charge on any atom is 0.0801 e. The zero-order valence-corrected chi connectivity index (χ0v) is 12.2. The Balaban J connectivity index is 1.62. The van der Waals surface area contributed by atoms with Crippen LogP contribution >= 0.6 is 33.9 Å². The quantitative estimate of drug-likeness (QED) is 0.812. The number of aliphatic hydroxyl groups excluding tert-OH is 1. The smallest absolute Gasteiger partial charge is 0.0801 e. The van der Waals surface area contributed by atoms with E-state index in [1.54, 1.807) is 11.3 Å². The third kappa shape index (κ3) is 2.18. The lowest BCUT2D eigenvalue weighted by molar-refractivity contribution is 0.126. The van der Waals surface area contributed by atoms with Gasteiger partial charge in [0.25, 0.3) is 0 Å². The minimum atomic E-state index is -0.218. The first kappa shape index (κ1) is 11.5. The van der Waals surface area contributed by atoms with E-state index in [0.29, 0.717) is 0 Å². The Labute approximate surface area is 114 Å². The molecule has 1 N–H and O–H groups in total. The summed E-state index contributed by atoms with van der Waals surface area (Å²) in [7, 11) is 0. The van der Waals surface area contributed by atoms with Crippen LogP contribution in [-0.4, -0.2) is 5.11 Å². The van der Waals surface area contributed by atoms with E-state index in [-0.39, 0.29) is 6.10 Å². The fraction of sp³-hybridized carbons (Fsp3) is 0.692. The lowest BCUT2D eigenvalue weighted by Crippen LogP contribution is -2.14. The number of hydrogen-bond donors (Lipinski definition) is 1. The van der Waals surface area contributed by atoms with Crippen molar-refractivity contribution < 1.29 is 5.11 Å². The van der Waals surface area contributed by atoms with Gasteiger partial charge in [-0.1, -0.05) is 6.42 Å². The first-order chi connectivity index (χ1) is 7.72. The summed E-state index contributed by atoms with van der Waals surface area (Å²) < 4.78 is 1.28. The van der Waals surface area contributed by atoms with Crippen LogP contribution in [0.2, 0.25) is 0 Å². The van der Waals surface area contributed by atoms with Crippen LogP contribution in [0.4, 0.5) is 0 Å². The molecule has 2 bridgehead atoms. The normalized spacial score (nSPS) is 34.5. The van der Waals surface area contributed by atoms with Crippen molar-refractivity contribution in [1.29, 1.82) is 0 Å². The van der Waals surface area contributed by atoms with E-state index in [4.69, 9.17) is 0 Å². The molecule has 2 fully saturated rings. The summed E-state index contributed by atoms with van der Waals surface area (Å²) in [6.07, 6.45) is 6.47. The Bertz CT molecular complexity index is 376. The fourth-order valence-corrected chi connectivity index (χ4v) is 5.01. The lowest BCUT2D eigenvalue weighted by Gasteiger charge is -2.23. The zero-order valence-electron chi connectivity index (χ0n) is 9.23. The van der Waals surface area contributed by atoms with Gasteiger partial charge in [-0.2, -0.15) is 0 Å². The monoisotopic (exact) mass is 348 g/mol. The van der Waals surface area contributed by atoms with Gasteiger partial charge in [-0.15, -0.1) is 11.3 Å². The van der Waals surface area contributed by atoms with Crippen molar-refractivity contribution in [3.05, 3.63) is 19.9 Å². The second kappa shape index (κ2) is 4.58. The Morgan fingerprint density at radius 2 is 2.31 bits per heavy atom. The van der Waals surface area contributed by atoms with Crippen molar-refractivity contribution in [2.45, 2.75) is 38.2 Å². The largest absolute Gasteiger partial charge is 0.388 e. The highest BCUT2D eigenvalue weighted by Gasteiger charge is 2.40. The number of hydrogen-bond acceptors (Lipinski definition) is 2. The summed E-state index contributed by atoms with van der Waals surface area (Å²) in [6.45, 7) is 0. The molecule has 3 heteroatoms. The van der Waals surface area contributed by atoms with Gasteiger partial charge >= 0.3 is 0 Å². The highest BCUT2D eigenvalue weighted by molar-refractivity contribution is 14.1. The predicted octanol–water partition coefficient (Wildman–Crippen LogP) is 4.21. The summed E-state index contributed by atoms with van der Waals surface area (Å²) in [6, 6.07) is 2.13. The van der Waals surface area contributed by atoms with Gasteiger partial charge in [-0.3, -0.25) is 0 Å². The number of aliphatic hydroxyl groups is 1. The minimum Gasteiger partial charge on any atom is -0.388 e. The Morgan fingerprint density at radius 3 is 2.88 bits per heavy atom. The molecule has 3 rings (SSSR count). The SMILES string of the molecule is OC(CC1CC2CCC1C2)c1csc(I)c1. The number of fused-ring (bicyclic) bond motifs is 2. The summed E-state index contributed by atoms with van der Waals surface area (Å²) in [5.41, 5.74) is 1.14. The van der Waals surface area contributed by atoms with Gasteiger partial charge in [0.2, 0.25) is 0 Å². The van der Waals surface area contributed by atoms with Crippen LogP contribution in [0.1, 0.15) is 43.8 Å². The van der Waals surface area contributed by atoms with Crippen LogP contribution in [0, 0.1) is 20.6 Å². The van der Waals surface area contributed by atoms with Crippen molar-refractivity contribution in [1.82, 2.24) is 0 Å². The number of thiophene rings is 1. The van der Waals surface area contributed by atoms with E-state index in [1.165, 1.54) is 28.6 Å². The average molecular weight is 348 g/mol. The van der Waals surface area contributed by atoms with Crippen LogP contribution in [0.5, 0.6) is 0 Å². The highest BCUT2D eigenvalue weighted by atomic mass is 127. The first-order valence-corrected chi connectivity index (χ1v) is 8.10. The van der Waals surface area contributed by atoms with Crippen LogP contribution < -0.4 is 0 Å². The molecule has 1 heterocycles. The molecule has 88 valence electrons. The fourth-order valence-electron chi connectivity index (χ4n) is 3.59. The molecule has 2 aliphatic carbocycles. The predicted molar refractivity (Wildman–Crippen MR) is 75.6 cm³/mol. The van der Waals surface area contributed by atoms with Crippen molar-refractivity contribution in [2.75, 3.05) is 0 Å². The van der Waals surface area contributed by atoms with E-state index in [9.17, 15) is 5.11 Å². The second-order valence-corrected chi connectivity index (χ2v) is 8.18. The molecule has 1 nitrogen and oxygen atoms in total. The van der Waals surface area contributed by atoms with Crippen molar-refractivity contribution in [3.63, 3.8) is 0 Å². The molecular weight excluding hydrogens is 331 g/mol. The summed E-state index contributed by atoms with van der Waals surface area (Å²) >= 11 is 4.06. The van der Waals surface area contributed by atoms with Gasteiger partial charge < -0.3 is 5.11 Å². The zero-order chi connectivity index (χ0) is 11.1. The summed E-state index contributed by atoms with van der Waals surface area (Å²) in [5.74, 6) is 2.72. The highest BCUT2D eigenvalue weighted by Crippen LogP contribution is 2.51. The molecule has 2 aliphatic rings. The summed E-state index contributed by atoms with van der Waals surface area (Å²) in [4.78, 5) is 0. The van der Waals surface area contributed by atoms with Gasteiger partial charge in [0.05, 0.1) is 8.99 Å². The topological polar surface area (TPSA) is 20.2 Å². The van der Waals surface area contributed by atoms with Crippen LogP contribution in [0.15, 0.2) is 11.4 Å². The van der Waals surface area contributed by atoms with Gasteiger partial charge in [0.1, 0.15) is 0 Å². The minimum absolute atomic E-state index is 0.218. The Hall–Kier alpha value is 0.390. The third-order valence-electron chi connectivity index (χ3n) is 4.38. The first-order valence-electron chi connectivity index (χ1n) is 6.14. The van der Waals surface area contributed by atoms with Crippen LogP contribution in [-0.2, 0) is 0 Å². The summed E-state index contributed by atoms with van der Waals surface area (Å²) in [5, 5.41) is 12.3. The number of rotatable bonds is 3. The lowest BCUT2D eigenvalue weighted by atomic mass is 9.84. The molecule has 4 unspecified atom stereocenters. The molecule has 0 aromatic carbocycles. The van der Waals surface area contributed by atoms with Gasteiger partial charge in [0.15, 0.2) is 0 Å². The molecule has 0 spiro atoms. The van der Waals surface area contributed by atoms with Crippen LogP contribution in [0.25, 0.3) is 0 Å². The van der Waals surface area contributed by atoms with Gasteiger partial charge in [-0.05, 0) is 83.0 Å². The Morgan fingerprint density at radius 1 is 1.44 bits per heavy atom. The number of halogens is 1. The van der Waals surface area contributed by atoms with Gasteiger partial charge in [-0.25, -0.2) is 0 Å². The molecule has 0 saturated heterocycles. The average Bonchev–Trinajstić information content (AvgIpc) is 2.92. The second-order valence-electron chi connectivity index (χ2n) is 5.37. The van der Waals surface area contributed by atoms with E-state index in [1.807, 2.05) is 0 Å². The van der Waals surface area contributed by atoms with Crippen molar-refractivity contribution in [2.24, 2.45) is 17.8 Å². The maximum absolute atomic E-state index is 10.2. The maximum atomic E-state index is 10.2. The van der Waals surface area contributed by atoms with E-state index in [0.717, 1.165) is 29.7 Å².